The summed E-state index contributed by atoms with van der Waals surface area (Å²) in [6, 6.07) is 3.88. The number of hydrogen-bond donors (Lipinski definition) is 2. The Hall–Kier alpha value is -1.08. The molecule has 0 saturated heterocycles. The summed E-state index contributed by atoms with van der Waals surface area (Å²) in [7, 11) is -4.71. The van der Waals surface area contributed by atoms with E-state index in [0.29, 0.717) is 0 Å². The molecule has 0 spiro atoms. The number of benzene rings is 1. The van der Waals surface area contributed by atoms with Crippen molar-refractivity contribution >= 4 is 33.0 Å². The van der Waals surface area contributed by atoms with Gasteiger partial charge in [-0.2, -0.15) is 8.78 Å². The maximum atomic E-state index is 12.0. The van der Waals surface area contributed by atoms with E-state index in [2.05, 4.69) is 0 Å². The van der Waals surface area contributed by atoms with Crippen molar-refractivity contribution in [3.8, 4) is 0 Å². The molecule has 0 aliphatic rings. The van der Waals surface area contributed by atoms with Gasteiger partial charge in [-0.1, -0.05) is 11.6 Å². The molecule has 1 aromatic rings. The third kappa shape index (κ3) is 2.93. The van der Waals surface area contributed by atoms with E-state index in [0.717, 1.165) is 6.07 Å². The molecule has 0 atom stereocenters. The molecule has 0 aliphatic carbocycles. The van der Waals surface area contributed by atoms with E-state index in [-0.39, 0.29) is 16.4 Å². The molecule has 1 aromatic carbocycles. The van der Waals surface area contributed by atoms with Crippen LogP contribution < -0.4 is 10.5 Å². The second-order valence-corrected chi connectivity index (χ2v) is 4.70. The second kappa shape index (κ2) is 4.19. The number of nitrogens with one attached hydrogen (secondary N) is 1. The summed E-state index contributed by atoms with van der Waals surface area (Å²) in [6.07, 6.45) is 0. The number of anilines is 2. The Morgan fingerprint density at radius 3 is 2.53 bits per heavy atom. The maximum absolute atomic E-state index is 12.0. The van der Waals surface area contributed by atoms with Gasteiger partial charge in [0.2, 0.25) is 0 Å². The fraction of sp³-hybridized carbons (Fsp3) is 0.143. The Kier molecular flexibility index (Phi) is 3.35. The summed E-state index contributed by atoms with van der Waals surface area (Å²) in [5.41, 5.74) is 5.39. The second-order valence-electron chi connectivity index (χ2n) is 2.65. The van der Waals surface area contributed by atoms with Gasteiger partial charge in [0.15, 0.2) is 0 Å². The average molecular weight is 257 g/mol. The fourth-order valence-corrected chi connectivity index (χ4v) is 1.60. The smallest absolute Gasteiger partial charge is 0.355 e. The topological polar surface area (TPSA) is 72.2 Å². The molecule has 0 aliphatic heterocycles. The molecule has 84 valence electrons. The van der Waals surface area contributed by atoms with Crippen LogP contribution in [0.5, 0.6) is 0 Å². The van der Waals surface area contributed by atoms with Crippen molar-refractivity contribution in [2.24, 2.45) is 0 Å². The Labute approximate surface area is 90.1 Å². The van der Waals surface area contributed by atoms with Gasteiger partial charge < -0.3 is 5.73 Å². The zero-order valence-electron chi connectivity index (χ0n) is 7.25. The molecule has 0 fully saturated rings. The normalized spacial score (nSPS) is 11.7. The van der Waals surface area contributed by atoms with E-state index < -0.39 is 15.8 Å². The van der Waals surface area contributed by atoms with Gasteiger partial charge in [0, 0.05) is 5.69 Å². The molecule has 0 radical (unpaired) electrons. The highest BCUT2D eigenvalue weighted by Gasteiger charge is 2.24. The summed E-state index contributed by atoms with van der Waals surface area (Å²) in [5.74, 6) is -3.52. The first-order chi connectivity index (χ1) is 6.83. The van der Waals surface area contributed by atoms with Crippen LogP contribution in [0.25, 0.3) is 0 Å². The number of nitrogen functional groups attached to an aromatic ring is 1. The lowest BCUT2D eigenvalue weighted by molar-refractivity contribution is 0.236. The highest BCUT2D eigenvalue weighted by molar-refractivity contribution is 7.93. The van der Waals surface area contributed by atoms with Crippen LogP contribution in [0.3, 0.4) is 0 Å². The molecule has 3 N–H and O–H groups in total. The molecule has 0 heterocycles. The zero-order chi connectivity index (χ0) is 11.6. The Morgan fingerprint density at radius 2 is 2.00 bits per heavy atom. The molecule has 4 nitrogen and oxygen atoms in total. The Bertz CT molecular complexity index is 464. The van der Waals surface area contributed by atoms with E-state index in [1.54, 1.807) is 4.72 Å². The first kappa shape index (κ1) is 12.0. The summed E-state index contributed by atoms with van der Waals surface area (Å²) < 4.78 is 47.3. The first-order valence-electron chi connectivity index (χ1n) is 3.68. The van der Waals surface area contributed by atoms with E-state index in [1.165, 1.54) is 12.1 Å². The predicted molar refractivity (Wildman–Crippen MR) is 54.4 cm³/mol. The number of nitrogens with two attached hydrogens (primary N) is 1. The van der Waals surface area contributed by atoms with Crippen molar-refractivity contribution in [2.45, 2.75) is 5.76 Å². The van der Waals surface area contributed by atoms with Crippen molar-refractivity contribution in [2.75, 3.05) is 10.5 Å². The molecular weight excluding hydrogens is 250 g/mol. The lowest BCUT2D eigenvalue weighted by atomic mass is 10.3. The van der Waals surface area contributed by atoms with Crippen molar-refractivity contribution in [3.63, 3.8) is 0 Å². The van der Waals surface area contributed by atoms with E-state index in [1.807, 2.05) is 0 Å². The maximum Gasteiger partial charge on any atom is 0.355 e. The summed E-state index contributed by atoms with van der Waals surface area (Å²) in [4.78, 5) is 0. The monoisotopic (exact) mass is 256 g/mol. The highest BCUT2D eigenvalue weighted by Crippen LogP contribution is 2.26. The third-order valence-corrected chi connectivity index (χ3v) is 2.78. The van der Waals surface area contributed by atoms with E-state index >= 15 is 0 Å². The molecular formula is C7H7ClF2N2O2S. The van der Waals surface area contributed by atoms with Gasteiger partial charge in [0.1, 0.15) is 0 Å². The SMILES string of the molecule is Nc1ccc(Cl)c(NS(=O)(=O)C(F)F)c1. The van der Waals surface area contributed by atoms with Crippen LogP contribution in [-0.2, 0) is 10.0 Å². The van der Waals surface area contributed by atoms with Crippen LogP contribution in [0.1, 0.15) is 0 Å². The Morgan fingerprint density at radius 1 is 1.40 bits per heavy atom. The van der Waals surface area contributed by atoms with Crippen LogP contribution in [0, 0.1) is 0 Å². The van der Waals surface area contributed by atoms with Gasteiger partial charge in [-0.3, -0.25) is 4.72 Å². The largest absolute Gasteiger partial charge is 0.399 e. The number of hydrogen-bond acceptors (Lipinski definition) is 3. The van der Waals surface area contributed by atoms with E-state index in [4.69, 9.17) is 17.3 Å². The summed E-state index contributed by atoms with van der Waals surface area (Å²) >= 11 is 5.58. The van der Waals surface area contributed by atoms with Crippen LogP contribution in [0.2, 0.25) is 5.02 Å². The van der Waals surface area contributed by atoms with Gasteiger partial charge in [-0.05, 0) is 18.2 Å². The number of sulfonamides is 1. The molecule has 0 aromatic heterocycles. The fourth-order valence-electron chi connectivity index (χ4n) is 0.819. The van der Waals surface area contributed by atoms with E-state index in [9.17, 15) is 17.2 Å². The quantitative estimate of drug-likeness (QED) is 0.811. The van der Waals surface area contributed by atoms with Crippen LogP contribution >= 0.6 is 11.6 Å². The number of halogens is 3. The van der Waals surface area contributed by atoms with Crippen molar-refractivity contribution in [1.29, 1.82) is 0 Å². The summed E-state index contributed by atoms with van der Waals surface area (Å²) in [6.45, 7) is 0. The van der Waals surface area contributed by atoms with Crippen LogP contribution in [0.15, 0.2) is 18.2 Å². The number of rotatable bonds is 3. The molecule has 0 unspecified atom stereocenters. The standard InChI is InChI=1S/C7H7ClF2N2O2S/c8-5-2-1-4(11)3-6(5)12-15(13,14)7(9)10/h1-3,7,12H,11H2. The lowest BCUT2D eigenvalue weighted by Crippen LogP contribution is -2.20. The molecule has 0 saturated carbocycles. The van der Waals surface area contributed by atoms with Gasteiger partial charge in [-0.25, -0.2) is 8.42 Å². The van der Waals surface area contributed by atoms with Crippen LogP contribution in [-0.4, -0.2) is 14.2 Å². The summed E-state index contributed by atoms with van der Waals surface area (Å²) in [5, 5.41) is -0.00609. The minimum atomic E-state index is -4.71. The average Bonchev–Trinajstić information content (AvgIpc) is 2.10. The third-order valence-electron chi connectivity index (χ3n) is 1.48. The van der Waals surface area contributed by atoms with Crippen molar-refractivity contribution in [3.05, 3.63) is 23.2 Å². The van der Waals surface area contributed by atoms with Gasteiger partial charge in [-0.15, -0.1) is 0 Å². The van der Waals surface area contributed by atoms with Crippen LogP contribution in [0.4, 0.5) is 20.2 Å². The molecule has 0 bridgehead atoms. The Balaban J connectivity index is 3.05. The number of alkyl halides is 2. The minimum absolute atomic E-state index is 0.00609. The molecule has 0 amide bonds. The van der Waals surface area contributed by atoms with Gasteiger partial charge in [0.05, 0.1) is 10.7 Å². The predicted octanol–water partition coefficient (Wildman–Crippen LogP) is 1.89. The minimum Gasteiger partial charge on any atom is -0.399 e. The van der Waals surface area contributed by atoms with Crippen molar-refractivity contribution in [1.82, 2.24) is 0 Å². The molecule has 1 rings (SSSR count). The highest BCUT2D eigenvalue weighted by atomic mass is 35.5. The zero-order valence-corrected chi connectivity index (χ0v) is 8.82. The molecule has 8 heteroatoms. The molecule has 15 heavy (non-hydrogen) atoms. The lowest BCUT2D eigenvalue weighted by Gasteiger charge is -2.08. The van der Waals surface area contributed by atoms with Gasteiger partial charge >= 0.3 is 5.76 Å². The van der Waals surface area contributed by atoms with Gasteiger partial charge in [0.25, 0.3) is 10.0 Å². The first-order valence-corrected chi connectivity index (χ1v) is 5.60. The van der Waals surface area contributed by atoms with Crippen molar-refractivity contribution < 1.29 is 17.2 Å².